The minimum Gasteiger partial charge on any atom is -0.493 e. The van der Waals surface area contributed by atoms with E-state index in [0.29, 0.717) is 59.3 Å². The van der Waals surface area contributed by atoms with Gasteiger partial charge in [-0.05, 0) is 67.1 Å². The first kappa shape index (κ1) is 41.3. The van der Waals surface area contributed by atoms with Crippen LogP contribution in [0.3, 0.4) is 0 Å². The summed E-state index contributed by atoms with van der Waals surface area (Å²) in [6.45, 7) is 4.17. The number of rotatable bonds is 17. The normalized spacial score (nSPS) is 15.7. The van der Waals surface area contributed by atoms with Crippen LogP contribution in [0.1, 0.15) is 53.1 Å². The van der Waals surface area contributed by atoms with Gasteiger partial charge in [-0.15, -0.1) is 0 Å². The minimum absolute atomic E-state index is 0.0131. The zero-order valence-electron chi connectivity index (χ0n) is 30.3. The number of halogens is 4. The Morgan fingerprint density at radius 1 is 1.04 bits per heavy atom. The fourth-order valence-corrected chi connectivity index (χ4v) is 6.42. The van der Waals surface area contributed by atoms with E-state index in [1.54, 1.807) is 31.2 Å². The Morgan fingerprint density at radius 3 is 2.47 bits per heavy atom. The number of aliphatic hydroxyl groups is 2. The molecule has 0 aliphatic carbocycles. The number of nitriles is 1. The lowest BCUT2D eigenvalue weighted by Gasteiger charge is -2.25. The quantitative estimate of drug-likeness (QED) is 0.0865. The summed E-state index contributed by atoms with van der Waals surface area (Å²) in [4.78, 5) is 17.9. The van der Waals surface area contributed by atoms with Crippen LogP contribution < -0.4 is 19.5 Å². The summed E-state index contributed by atoms with van der Waals surface area (Å²) < 4.78 is 61.9. The van der Waals surface area contributed by atoms with Crippen molar-refractivity contribution in [3.63, 3.8) is 0 Å². The van der Waals surface area contributed by atoms with Crippen LogP contribution >= 0.6 is 11.6 Å². The zero-order chi connectivity index (χ0) is 39.8. The summed E-state index contributed by atoms with van der Waals surface area (Å²) in [5.74, 6) is -1.08. The van der Waals surface area contributed by atoms with Crippen LogP contribution in [0.25, 0.3) is 11.1 Å². The zero-order valence-corrected chi connectivity index (χ0v) is 31.1. The fourth-order valence-electron chi connectivity index (χ4n) is 6.18. The highest BCUT2D eigenvalue weighted by Crippen LogP contribution is 2.44. The number of ether oxygens (including phenoxy) is 3. The van der Waals surface area contributed by atoms with E-state index < -0.39 is 29.9 Å². The van der Waals surface area contributed by atoms with Crippen LogP contribution in [0.5, 0.6) is 17.2 Å². The molecule has 2 atom stereocenters. The molecule has 4 aromatic rings. The molecule has 1 aliphatic rings. The molecule has 5 rings (SSSR count). The Kier molecular flexibility index (Phi) is 13.6. The lowest BCUT2D eigenvalue weighted by Crippen LogP contribution is -2.52. The maximum Gasteiger partial charge on any atom is 0.420 e. The van der Waals surface area contributed by atoms with Gasteiger partial charge in [0.2, 0.25) is 0 Å². The molecule has 1 saturated heterocycles. The summed E-state index contributed by atoms with van der Waals surface area (Å²) in [6.07, 6.45) is -0.972. The van der Waals surface area contributed by atoms with Gasteiger partial charge in [0.25, 0.3) is 0 Å². The van der Waals surface area contributed by atoms with Gasteiger partial charge in [0.1, 0.15) is 47.6 Å². The van der Waals surface area contributed by atoms with Gasteiger partial charge in [-0.1, -0.05) is 41.9 Å². The number of carboxylic acids is 1. The van der Waals surface area contributed by atoms with Crippen LogP contribution in [-0.4, -0.2) is 75.7 Å². The predicted octanol–water partition coefficient (Wildman–Crippen LogP) is 6.52. The maximum atomic E-state index is 14.7. The molecule has 0 amide bonds. The number of pyridine rings is 1. The molecule has 1 aliphatic heterocycles. The molecule has 0 bridgehead atoms. The third-order valence-electron chi connectivity index (χ3n) is 9.44. The van der Waals surface area contributed by atoms with E-state index in [2.05, 4.69) is 15.2 Å². The number of carbonyl (C=O) groups is 1. The number of aromatic nitrogens is 1. The van der Waals surface area contributed by atoms with Crippen molar-refractivity contribution in [1.82, 2.24) is 15.2 Å². The predicted molar refractivity (Wildman–Crippen MR) is 198 cm³/mol. The fraction of sp³-hybridized carbons (Fsp3) is 0.375. The largest absolute Gasteiger partial charge is 0.493 e. The second kappa shape index (κ2) is 18.1. The smallest absolute Gasteiger partial charge is 0.420 e. The van der Waals surface area contributed by atoms with Crippen molar-refractivity contribution in [2.24, 2.45) is 0 Å². The summed E-state index contributed by atoms with van der Waals surface area (Å²) in [6, 6.07) is 15.9. The molecular formula is C40H42ClF3N4O7. The molecule has 1 fully saturated rings. The molecule has 15 heteroatoms. The van der Waals surface area contributed by atoms with Crippen molar-refractivity contribution in [1.29, 1.82) is 5.26 Å². The molecule has 1 unspecified atom stereocenters. The third kappa shape index (κ3) is 10.4. The van der Waals surface area contributed by atoms with Crippen molar-refractivity contribution in [2.45, 2.75) is 64.3 Å². The van der Waals surface area contributed by atoms with Crippen molar-refractivity contribution in [3.8, 4) is 34.4 Å². The van der Waals surface area contributed by atoms with Crippen molar-refractivity contribution < 1.29 is 47.5 Å². The first-order valence-electron chi connectivity index (χ1n) is 17.6. The van der Waals surface area contributed by atoms with Crippen molar-refractivity contribution >= 4 is 17.6 Å². The summed E-state index contributed by atoms with van der Waals surface area (Å²) in [5, 5.41) is 41.3. The molecule has 0 saturated carbocycles. The number of hydrogen-bond donors (Lipinski definition) is 4. The molecular weight excluding hydrogens is 741 g/mol. The number of likely N-dealkylation sites (tertiary alicyclic amines) is 1. The summed E-state index contributed by atoms with van der Waals surface area (Å²) >= 11 is 6.65. The van der Waals surface area contributed by atoms with Gasteiger partial charge in [0.05, 0.1) is 29.9 Å². The van der Waals surface area contributed by atoms with Crippen LogP contribution in [-0.2, 0) is 30.7 Å². The van der Waals surface area contributed by atoms with Gasteiger partial charge in [-0.25, -0.2) is 0 Å². The first-order chi connectivity index (χ1) is 26.2. The lowest BCUT2D eigenvalue weighted by atomic mass is 9.92. The minimum atomic E-state index is -4.71. The Morgan fingerprint density at radius 2 is 1.78 bits per heavy atom. The number of carboxylic acid groups (broad SMARTS) is 1. The second-order valence-corrected chi connectivity index (χ2v) is 13.9. The number of alkyl halides is 3. The molecule has 4 N–H and O–H groups in total. The van der Waals surface area contributed by atoms with E-state index in [9.17, 15) is 38.5 Å². The molecule has 3 aromatic carbocycles. The number of aliphatic hydroxyl groups excluding tert-OH is 2. The monoisotopic (exact) mass is 782 g/mol. The van der Waals surface area contributed by atoms with Crippen LogP contribution in [0, 0.1) is 18.3 Å². The third-order valence-corrected chi connectivity index (χ3v) is 9.74. The van der Waals surface area contributed by atoms with E-state index in [4.69, 9.17) is 25.8 Å². The summed E-state index contributed by atoms with van der Waals surface area (Å²) in [5.41, 5.74) is 0.269. The number of nitrogens with zero attached hydrogens (tertiary/aromatic N) is 3. The van der Waals surface area contributed by atoms with Crippen LogP contribution in [0.4, 0.5) is 13.2 Å². The molecule has 0 spiro atoms. The summed E-state index contributed by atoms with van der Waals surface area (Å²) in [7, 11) is 0. The van der Waals surface area contributed by atoms with E-state index in [-0.39, 0.29) is 60.3 Å². The van der Waals surface area contributed by atoms with E-state index >= 15 is 0 Å². The highest BCUT2D eigenvalue weighted by atomic mass is 35.5. The van der Waals surface area contributed by atoms with E-state index in [1.807, 2.05) is 6.07 Å². The van der Waals surface area contributed by atoms with E-state index in [1.165, 1.54) is 49.6 Å². The average Bonchev–Trinajstić information content (AvgIpc) is 3.58. The maximum absolute atomic E-state index is 14.7. The van der Waals surface area contributed by atoms with Crippen molar-refractivity contribution in [2.75, 3.05) is 32.8 Å². The van der Waals surface area contributed by atoms with Gasteiger partial charge in [0.15, 0.2) is 0 Å². The molecule has 11 nitrogen and oxygen atoms in total. The van der Waals surface area contributed by atoms with Gasteiger partial charge in [0, 0.05) is 55.8 Å². The Balaban J connectivity index is 1.38. The standard InChI is InChI=1S/C40H42ClF3N4O7/c1-25-28(6-3-7-31(25)32-8-4-9-34(37(32)40(42,43)44)53-13-5-11-48-12-10-30(50)21-48)23-55-36-16-35(54-22-27-14-26(17-45)18-46-19-27)29(15-33(36)41)20-47-39(2,24-49)38(51)52/h3-4,6-9,14-16,18-19,30,47,49-50H,5,10-13,20-24H2,1-2H3,(H,51,52)/t30-,39?/m0/s1. The number of aliphatic carboxylic acids is 1. The second-order valence-electron chi connectivity index (χ2n) is 13.5. The van der Waals surface area contributed by atoms with Crippen molar-refractivity contribution in [3.05, 3.63) is 105 Å². The van der Waals surface area contributed by atoms with E-state index in [0.717, 1.165) is 6.54 Å². The molecule has 0 radical (unpaired) electrons. The van der Waals surface area contributed by atoms with Crippen LogP contribution in [0.15, 0.2) is 67.0 Å². The highest BCUT2D eigenvalue weighted by Gasteiger charge is 2.38. The molecule has 55 heavy (non-hydrogen) atoms. The SMILES string of the molecule is Cc1c(COc2cc(OCc3cncc(C#N)c3)c(CNC(C)(CO)C(=O)O)cc2Cl)cccc1-c1cccc(OCCCN2CC[C@H](O)C2)c1C(F)(F)F. The number of hydrogen-bond acceptors (Lipinski definition) is 10. The van der Waals surface area contributed by atoms with Gasteiger partial charge < -0.3 is 34.4 Å². The highest BCUT2D eigenvalue weighted by molar-refractivity contribution is 6.32. The lowest BCUT2D eigenvalue weighted by molar-refractivity contribution is -0.146. The Labute approximate surface area is 321 Å². The van der Waals surface area contributed by atoms with Gasteiger partial charge in [-0.2, -0.15) is 18.4 Å². The first-order valence-corrected chi connectivity index (χ1v) is 17.9. The number of benzene rings is 3. The Hall–Kier alpha value is -4.91. The topological polar surface area (TPSA) is 157 Å². The number of β-amino-alcohol motifs (C(OH)–C–C–N with tert-alkyl or cyclic N) is 1. The molecule has 1 aromatic heterocycles. The average molecular weight is 783 g/mol. The Bertz CT molecular complexity index is 2030. The van der Waals surface area contributed by atoms with Crippen LogP contribution in [0.2, 0.25) is 5.02 Å². The molecule has 292 valence electrons. The number of nitrogens with one attached hydrogen (secondary N) is 1. The molecule has 2 heterocycles. The van der Waals surface area contributed by atoms with Gasteiger partial charge in [-0.3, -0.25) is 15.1 Å². The van der Waals surface area contributed by atoms with Gasteiger partial charge >= 0.3 is 12.1 Å².